The van der Waals surface area contributed by atoms with Crippen molar-refractivity contribution in [3.8, 4) is 0 Å². The molecular weight excluding hydrogens is 648 g/mol. The Balaban J connectivity index is 1.17. The predicted molar refractivity (Wildman–Crippen MR) is 146 cm³/mol. The number of phosphoric ester groups is 2. The number of aromatic amines is 1. The summed E-state index contributed by atoms with van der Waals surface area (Å²) in [5.41, 5.74) is 11.4. The lowest BCUT2D eigenvalue weighted by Gasteiger charge is -2.27. The number of nitrogens with zero attached hydrogens (tertiary/aromatic N) is 6. The second kappa shape index (κ2) is 10.9. The molecule has 4 aromatic rings. The van der Waals surface area contributed by atoms with Gasteiger partial charge in [0.2, 0.25) is 0 Å². The van der Waals surface area contributed by atoms with Crippen molar-refractivity contribution < 1.29 is 56.7 Å². The molecule has 10 atom stereocenters. The summed E-state index contributed by atoms with van der Waals surface area (Å²) in [5.74, 6) is 0.0235. The summed E-state index contributed by atoms with van der Waals surface area (Å²) < 4.78 is 61.1. The van der Waals surface area contributed by atoms with E-state index < -0.39 is 83.5 Å². The van der Waals surface area contributed by atoms with Crippen LogP contribution >= 0.6 is 15.6 Å². The minimum atomic E-state index is -5.04. The summed E-state index contributed by atoms with van der Waals surface area (Å²) in [6.45, 7) is -1.62. The van der Waals surface area contributed by atoms with E-state index in [2.05, 4.69) is 24.9 Å². The lowest BCUT2D eigenvalue weighted by Crippen LogP contribution is -2.39. The molecule has 5 unspecified atom stereocenters. The fourth-order valence-electron chi connectivity index (χ4n) is 5.45. The van der Waals surface area contributed by atoms with Crippen molar-refractivity contribution in [3.05, 3.63) is 35.4 Å². The fraction of sp³-hybridized carbons (Fsp3) is 0.476. The van der Waals surface area contributed by atoms with E-state index in [1.54, 1.807) is 0 Å². The lowest BCUT2D eigenvalue weighted by molar-refractivity contribution is -0.0663. The highest BCUT2D eigenvalue weighted by molar-refractivity contribution is 7.47. The smallest absolute Gasteiger partial charge is 0.386 e. The number of anilines is 2. The van der Waals surface area contributed by atoms with Crippen LogP contribution in [0.4, 0.5) is 11.6 Å². The molecule has 242 valence electrons. The molecule has 7 rings (SSSR count). The molecule has 3 aliphatic rings. The van der Waals surface area contributed by atoms with Crippen LogP contribution in [0.5, 0.6) is 0 Å². The molecule has 0 saturated carbocycles. The quantitative estimate of drug-likeness (QED) is 0.116. The molecule has 0 aromatic carbocycles. The van der Waals surface area contributed by atoms with Gasteiger partial charge < -0.3 is 50.5 Å². The monoisotopic (exact) mass is 673 g/mol. The van der Waals surface area contributed by atoms with E-state index >= 15 is 0 Å². The van der Waals surface area contributed by atoms with Crippen LogP contribution in [0.3, 0.4) is 0 Å². The molecule has 0 amide bonds. The number of aliphatic hydroxyl groups excluding tert-OH is 2. The Bertz CT molecular complexity index is 1930. The zero-order valence-electron chi connectivity index (χ0n) is 22.5. The molecule has 22 nitrogen and oxygen atoms in total. The molecule has 0 spiro atoms. The number of nitrogens with one attached hydrogen (secondary N) is 1. The highest BCUT2D eigenvalue weighted by Crippen LogP contribution is 2.53. The number of fused-ring (bicyclic) bond motifs is 4. The van der Waals surface area contributed by atoms with Gasteiger partial charge >= 0.3 is 15.6 Å². The van der Waals surface area contributed by atoms with Gasteiger partial charge in [0.25, 0.3) is 5.56 Å². The minimum Gasteiger partial charge on any atom is -0.386 e. The van der Waals surface area contributed by atoms with Crippen LogP contribution in [0.1, 0.15) is 12.5 Å². The molecule has 7 heterocycles. The van der Waals surface area contributed by atoms with Gasteiger partial charge in [0.1, 0.15) is 54.3 Å². The zero-order chi connectivity index (χ0) is 31.8. The van der Waals surface area contributed by atoms with Gasteiger partial charge in [0, 0.05) is 6.07 Å². The molecule has 3 aliphatic heterocycles. The number of hydrogen-bond donors (Lipinski definition) is 7. The summed E-state index contributed by atoms with van der Waals surface area (Å²) in [6, 6.07) is 1.35. The SMILES string of the molecule is Nc1cc2c(ncn2[C@@H]2OC3COP(=O)(O)OC4[C@@H](COP(=O)(O)O[C@H]3C2O)O[C@@H](n2cnc3c(N)ncnc32)[C@H]4O)c(=O)[nH]1. The Kier molecular flexibility index (Phi) is 7.32. The number of aliphatic hydroxyl groups is 2. The maximum Gasteiger partial charge on any atom is 0.472 e. The third kappa shape index (κ3) is 5.33. The largest absolute Gasteiger partial charge is 0.472 e. The second-order valence-electron chi connectivity index (χ2n) is 10.3. The first kappa shape index (κ1) is 30.3. The fourth-order valence-corrected chi connectivity index (χ4v) is 7.38. The first-order valence-corrected chi connectivity index (χ1v) is 16.1. The third-order valence-electron chi connectivity index (χ3n) is 7.47. The van der Waals surface area contributed by atoms with Crippen LogP contribution in [-0.2, 0) is 36.7 Å². The second-order valence-corrected chi connectivity index (χ2v) is 13.1. The van der Waals surface area contributed by atoms with Crippen molar-refractivity contribution in [2.24, 2.45) is 0 Å². The Labute approximate surface area is 249 Å². The van der Waals surface area contributed by atoms with Crippen LogP contribution in [0, 0.1) is 0 Å². The first-order chi connectivity index (χ1) is 21.3. The molecule has 0 aliphatic carbocycles. The summed E-state index contributed by atoms with van der Waals surface area (Å²) in [4.78, 5) is 51.9. The Morgan fingerprint density at radius 2 is 1.40 bits per heavy atom. The van der Waals surface area contributed by atoms with E-state index in [4.69, 9.17) is 39.0 Å². The van der Waals surface area contributed by atoms with Gasteiger partial charge in [-0.3, -0.25) is 27.5 Å². The number of H-pyrrole nitrogens is 1. The molecule has 0 radical (unpaired) electrons. The molecule has 3 saturated heterocycles. The molecule has 45 heavy (non-hydrogen) atoms. The number of nitrogen functional groups attached to an aromatic ring is 2. The van der Waals surface area contributed by atoms with Crippen molar-refractivity contribution in [1.82, 2.24) is 34.1 Å². The molecule has 9 N–H and O–H groups in total. The van der Waals surface area contributed by atoms with Crippen molar-refractivity contribution >= 4 is 49.5 Å². The molecule has 24 heteroatoms. The average Bonchev–Trinajstić information content (AvgIpc) is 3.72. The number of phosphoric acid groups is 2. The average molecular weight is 673 g/mol. The van der Waals surface area contributed by atoms with E-state index in [0.717, 1.165) is 12.7 Å². The van der Waals surface area contributed by atoms with Crippen molar-refractivity contribution in [1.29, 1.82) is 0 Å². The summed E-state index contributed by atoms with van der Waals surface area (Å²) in [6.07, 6.45) is -8.85. The van der Waals surface area contributed by atoms with Crippen LogP contribution in [0.2, 0.25) is 0 Å². The van der Waals surface area contributed by atoms with Crippen LogP contribution in [-0.4, -0.2) is 104 Å². The highest BCUT2D eigenvalue weighted by Gasteiger charge is 2.54. The number of hydrogen-bond acceptors (Lipinski definition) is 17. The summed E-state index contributed by atoms with van der Waals surface area (Å²) >= 11 is 0. The summed E-state index contributed by atoms with van der Waals surface area (Å²) in [7, 11) is -10.1. The van der Waals surface area contributed by atoms with E-state index in [1.165, 1.54) is 21.5 Å². The van der Waals surface area contributed by atoms with Crippen LogP contribution in [0.15, 0.2) is 29.8 Å². The van der Waals surface area contributed by atoms with Crippen molar-refractivity contribution in [2.75, 3.05) is 24.7 Å². The van der Waals surface area contributed by atoms with Gasteiger partial charge in [0.05, 0.1) is 31.4 Å². The van der Waals surface area contributed by atoms with Gasteiger partial charge in [-0.2, -0.15) is 0 Å². The van der Waals surface area contributed by atoms with Gasteiger partial charge in [-0.05, 0) is 0 Å². The zero-order valence-corrected chi connectivity index (χ0v) is 24.3. The van der Waals surface area contributed by atoms with Crippen LogP contribution < -0.4 is 17.0 Å². The Morgan fingerprint density at radius 1 is 0.844 bits per heavy atom. The molecular formula is C21H25N9O13P2. The van der Waals surface area contributed by atoms with Crippen molar-refractivity contribution in [2.45, 2.75) is 49.1 Å². The number of rotatable bonds is 2. The summed E-state index contributed by atoms with van der Waals surface area (Å²) in [5, 5.41) is 22.3. The van der Waals surface area contributed by atoms with E-state index in [-0.39, 0.29) is 33.8 Å². The standard InChI is InChI=1S/C21H25N9O13P2/c22-10-1-7-11(19(33)28-10)26-5-29(7)20-13(31)15-8(40-20)2-38-45(36,37)43-16-9(3-39-44(34,35)42-15)41-21(14(16)32)30-6-27-12-17(23)24-4-25-18(12)30/h1,4-6,8-9,13-16,20-21,31-32H,2-3H2,(H,34,35)(H,36,37)(H3,22,28,33)(H2,23,24,25)/t8?,9-,13?,14+,15-,16?,20-,21-/m1/s1. The Hall–Kier alpha value is -3.37. The number of nitrogens with two attached hydrogens (primary N) is 2. The van der Waals surface area contributed by atoms with E-state index in [9.17, 15) is 33.9 Å². The maximum absolute atomic E-state index is 13.1. The van der Waals surface area contributed by atoms with E-state index in [1.807, 2.05) is 0 Å². The van der Waals surface area contributed by atoms with Gasteiger partial charge in [0.15, 0.2) is 29.4 Å². The number of pyridine rings is 1. The number of aromatic nitrogens is 7. The first-order valence-electron chi connectivity index (χ1n) is 13.1. The third-order valence-corrected chi connectivity index (χ3v) is 9.44. The van der Waals surface area contributed by atoms with E-state index in [0.29, 0.717) is 0 Å². The number of imidazole rings is 2. The molecule has 0 bridgehead atoms. The topological polar surface area (TPSA) is 317 Å². The molecule has 4 aromatic heterocycles. The highest BCUT2D eigenvalue weighted by atomic mass is 31.2. The van der Waals surface area contributed by atoms with Gasteiger partial charge in [-0.1, -0.05) is 0 Å². The molecule has 3 fully saturated rings. The number of ether oxygens (including phenoxy) is 2. The normalized spacial score (nSPS) is 37.7. The predicted octanol–water partition coefficient (Wildman–Crippen LogP) is -1.74. The lowest BCUT2D eigenvalue weighted by atomic mass is 10.1. The Morgan fingerprint density at radius 3 is 2.02 bits per heavy atom. The van der Waals surface area contributed by atoms with Crippen molar-refractivity contribution in [3.63, 3.8) is 0 Å². The van der Waals surface area contributed by atoms with Crippen LogP contribution in [0.25, 0.3) is 22.2 Å². The minimum absolute atomic E-state index is 0.0183. The maximum atomic E-state index is 13.1. The van der Waals surface area contributed by atoms with Gasteiger partial charge in [-0.25, -0.2) is 29.1 Å². The van der Waals surface area contributed by atoms with Gasteiger partial charge in [-0.15, -0.1) is 0 Å².